The number of hydrogen-bond acceptors (Lipinski definition) is 5. The average molecular weight is 419 g/mol. The molecule has 3 aromatic rings. The van der Waals surface area contributed by atoms with Crippen molar-refractivity contribution in [2.45, 2.75) is 17.1 Å². The summed E-state index contributed by atoms with van der Waals surface area (Å²) in [5.74, 6) is -0.691. The first kappa shape index (κ1) is 21.3. The van der Waals surface area contributed by atoms with Crippen LogP contribution in [0.3, 0.4) is 0 Å². The molecular formula is C24H22N2O3S. The second-order valence-electron chi connectivity index (χ2n) is 6.42. The normalized spacial score (nSPS) is 11.3. The number of thioether (sulfide) groups is 1. The van der Waals surface area contributed by atoms with E-state index in [0.29, 0.717) is 16.2 Å². The van der Waals surface area contributed by atoms with Crippen molar-refractivity contribution in [2.75, 3.05) is 7.11 Å². The van der Waals surface area contributed by atoms with Crippen LogP contribution in [-0.2, 0) is 9.53 Å². The minimum atomic E-state index is -0.465. The lowest BCUT2D eigenvalue weighted by Crippen LogP contribution is -2.28. The van der Waals surface area contributed by atoms with Crippen molar-refractivity contribution in [3.63, 3.8) is 0 Å². The number of nitrogens with zero attached hydrogens (tertiary/aromatic N) is 1. The predicted octanol–water partition coefficient (Wildman–Crippen LogP) is 4.52. The molecule has 0 saturated carbocycles. The minimum absolute atomic E-state index is 0.260. The van der Waals surface area contributed by atoms with Gasteiger partial charge in [-0.15, -0.1) is 11.8 Å². The first-order chi connectivity index (χ1) is 14.6. The van der Waals surface area contributed by atoms with Gasteiger partial charge in [-0.1, -0.05) is 72.8 Å². The summed E-state index contributed by atoms with van der Waals surface area (Å²) in [6.45, 7) is 1.77. The molecule has 0 aliphatic rings. The molecule has 0 bridgehead atoms. The number of amides is 1. The van der Waals surface area contributed by atoms with Gasteiger partial charge in [0.15, 0.2) is 0 Å². The highest BCUT2D eigenvalue weighted by molar-refractivity contribution is 8.00. The topological polar surface area (TPSA) is 67.8 Å². The second-order valence-corrected chi connectivity index (χ2v) is 7.80. The zero-order valence-electron chi connectivity index (χ0n) is 16.7. The average Bonchev–Trinajstić information content (AvgIpc) is 2.80. The molecule has 3 rings (SSSR count). The highest BCUT2D eigenvalue weighted by Crippen LogP contribution is 2.27. The minimum Gasteiger partial charge on any atom is -0.465 e. The van der Waals surface area contributed by atoms with Crippen molar-refractivity contribution in [3.05, 3.63) is 102 Å². The van der Waals surface area contributed by atoms with Gasteiger partial charge in [0.1, 0.15) is 0 Å². The van der Waals surface area contributed by atoms with Crippen molar-refractivity contribution in [2.24, 2.45) is 5.10 Å². The summed E-state index contributed by atoms with van der Waals surface area (Å²) >= 11 is 1.28. The van der Waals surface area contributed by atoms with E-state index in [0.717, 1.165) is 11.1 Å². The number of esters is 1. The van der Waals surface area contributed by atoms with Crippen LogP contribution in [0.4, 0.5) is 0 Å². The molecule has 1 amide bonds. The van der Waals surface area contributed by atoms with Gasteiger partial charge in [-0.2, -0.15) is 5.10 Å². The molecule has 6 heteroatoms. The van der Waals surface area contributed by atoms with Gasteiger partial charge in [0.05, 0.1) is 23.6 Å². The van der Waals surface area contributed by atoms with E-state index in [4.69, 9.17) is 4.74 Å². The molecule has 0 saturated heterocycles. The molecule has 0 spiro atoms. The summed E-state index contributed by atoms with van der Waals surface area (Å²) in [5, 5.41) is 3.95. The van der Waals surface area contributed by atoms with Gasteiger partial charge in [-0.05, 0) is 19.1 Å². The molecule has 0 radical (unpaired) electrons. The number of rotatable bonds is 7. The Bertz CT molecular complexity index is 995. The maximum Gasteiger partial charge on any atom is 0.338 e. The van der Waals surface area contributed by atoms with E-state index in [1.807, 2.05) is 66.7 Å². The van der Waals surface area contributed by atoms with Gasteiger partial charge in [0.2, 0.25) is 0 Å². The van der Waals surface area contributed by atoms with E-state index in [9.17, 15) is 9.59 Å². The zero-order valence-corrected chi connectivity index (χ0v) is 17.6. The van der Waals surface area contributed by atoms with Crippen LogP contribution in [-0.4, -0.2) is 29.9 Å². The Morgan fingerprint density at radius 3 is 1.97 bits per heavy atom. The van der Waals surface area contributed by atoms with Crippen LogP contribution in [0.5, 0.6) is 0 Å². The van der Waals surface area contributed by atoms with Crippen LogP contribution in [0, 0.1) is 0 Å². The van der Waals surface area contributed by atoms with E-state index in [1.165, 1.54) is 18.9 Å². The molecule has 3 aromatic carbocycles. The first-order valence-electron chi connectivity index (χ1n) is 9.42. The Morgan fingerprint density at radius 2 is 1.40 bits per heavy atom. The van der Waals surface area contributed by atoms with E-state index < -0.39 is 11.2 Å². The molecule has 30 heavy (non-hydrogen) atoms. The van der Waals surface area contributed by atoms with Crippen LogP contribution >= 0.6 is 11.8 Å². The molecule has 1 N–H and O–H groups in total. The number of benzene rings is 3. The Kier molecular flexibility index (Phi) is 7.40. The standard InChI is InChI=1S/C24H22N2O3S/c1-17(30-21-16-10-9-15-20(21)24(28)29-2)23(27)26-25-22(18-11-5-3-6-12-18)19-13-7-4-8-14-19/h3-17H,1-2H3,(H,26,27)/t17-/m1/s1. The molecule has 0 aliphatic heterocycles. The molecule has 0 unspecified atom stereocenters. The molecule has 0 aliphatic carbocycles. The van der Waals surface area contributed by atoms with Gasteiger partial charge in [0.25, 0.3) is 5.91 Å². The third kappa shape index (κ3) is 5.36. The fourth-order valence-electron chi connectivity index (χ4n) is 2.78. The molecule has 152 valence electrons. The van der Waals surface area contributed by atoms with Gasteiger partial charge >= 0.3 is 5.97 Å². The number of nitrogens with one attached hydrogen (secondary N) is 1. The zero-order chi connectivity index (χ0) is 21.3. The molecule has 5 nitrogen and oxygen atoms in total. The lowest BCUT2D eigenvalue weighted by atomic mass is 10.0. The third-order valence-corrected chi connectivity index (χ3v) is 5.52. The summed E-state index contributed by atoms with van der Waals surface area (Å²) in [7, 11) is 1.34. The maximum absolute atomic E-state index is 12.7. The second kappa shape index (κ2) is 10.4. The number of hydrogen-bond donors (Lipinski definition) is 1. The van der Waals surface area contributed by atoms with Crippen molar-refractivity contribution in [1.29, 1.82) is 0 Å². The lowest BCUT2D eigenvalue weighted by Gasteiger charge is -2.13. The van der Waals surface area contributed by atoms with Crippen molar-refractivity contribution < 1.29 is 14.3 Å². The fraction of sp³-hybridized carbons (Fsp3) is 0.125. The number of ether oxygens (including phenoxy) is 1. The van der Waals surface area contributed by atoms with E-state index in [2.05, 4.69) is 10.5 Å². The SMILES string of the molecule is COC(=O)c1ccccc1S[C@H](C)C(=O)NN=C(c1ccccc1)c1ccccc1. The molecular weight excluding hydrogens is 396 g/mol. The number of methoxy groups -OCH3 is 1. The Hall–Kier alpha value is -3.38. The van der Waals surface area contributed by atoms with Crippen LogP contribution < -0.4 is 5.43 Å². The quantitative estimate of drug-likeness (QED) is 0.265. The molecule has 0 aromatic heterocycles. The lowest BCUT2D eigenvalue weighted by molar-refractivity contribution is -0.120. The number of hydrazone groups is 1. The van der Waals surface area contributed by atoms with Crippen LogP contribution in [0.25, 0.3) is 0 Å². The summed E-state index contributed by atoms with van der Waals surface area (Å²) in [4.78, 5) is 25.3. The summed E-state index contributed by atoms with van der Waals surface area (Å²) in [6.07, 6.45) is 0. The van der Waals surface area contributed by atoms with E-state index in [-0.39, 0.29) is 5.91 Å². The number of carbonyl (C=O) groups excluding carboxylic acids is 2. The van der Waals surface area contributed by atoms with E-state index in [1.54, 1.807) is 25.1 Å². The van der Waals surface area contributed by atoms with E-state index >= 15 is 0 Å². The maximum atomic E-state index is 12.7. The predicted molar refractivity (Wildman–Crippen MR) is 120 cm³/mol. The molecule has 0 heterocycles. The smallest absolute Gasteiger partial charge is 0.338 e. The molecule has 1 atom stereocenters. The Balaban J connectivity index is 1.78. The fourth-order valence-corrected chi connectivity index (χ4v) is 3.76. The summed E-state index contributed by atoms with van der Waals surface area (Å²) < 4.78 is 4.82. The van der Waals surface area contributed by atoms with Gasteiger partial charge < -0.3 is 4.74 Å². The Morgan fingerprint density at radius 1 is 0.867 bits per heavy atom. The summed E-state index contributed by atoms with van der Waals surface area (Å²) in [5.41, 5.74) is 5.59. The molecule has 0 fully saturated rings. The largest absolute Gasteiger partial charge is 0.465 e. The van der Waals surface area contributed by atoms with Crippen LogP contribution in [0.2, 0.25) is 0 Å². The number of carbonyl (C=O) groups is 2. The van der Waals surface area contributed by atoms with Crippen molar-refractivity contribution in [3.8, 4) is 0 Å². The van der Waals surface area contributed by atoms with Crippen molar-refractivity contribution >= 4 is 29.4 Å². The van der Waals surface area contributed by atoms with Crippen molar-refractivity contribution in [1.82, 2.24) is 5.43 Å². The van der Waals surface area contributed by atoms with Crippen LogP contribution in [0.1, 0.15) is 28.4 Å². The third-order valence-electron chi connectivity index (χ3n) is 4.34. The van der Waals surface area contributed by atoms with Gasteiger partial charge in [-0.25, -0.2) is 10.2 Å². The first-order valence-corrected chi connectivity index (χ1v) is 10.3. The monoisotopic (exact) mass is 418 g/mol. The Labute approximate surface area is 180 Å². The summed E-state index contributed by atoms with van der Waals surface area (Å²) in [6, 6.07) is 26.4. The highest BCUT2D eigenvalue weighted by Gasteiger charge is 2.19. The van der Waals surface area contributed by atoms with Crippen LogP contribution in [0.15, 0.2) is 94.9 Å². The van der Waals surface area contributed by atoms with Gasteiger partial charge in [0, 0.05) is 16.0 Å². The van der Waals surface area contributed by atoms with Gasteiger partial charge in [-0.3, -0.25) is 4.79 Å². The highest BCUT2D eigenvalue weighted by atomic mass is 32.2.